The predicted octanol–water partition coefficient (Wildman–Crippen LogP) is 1.87. The zero-order valence-corrected chi connectivity index (χ0v) is 10.2. The first kappa shape index (κ1) is 12.0. The molecule has 0 aliphatic carbocycles. The average Bonchev–Trinajstić information content (AvgIpc) is 3.02. The number of phenolic OH excluding ortho intramolecular Hbond substituents is 2. The number of ether oxygens (including phenoxy) is 1. The molecule has 19 heavy (non-hydrogen) atoms. The van der Waals surface area contributed by atoms with Gasteiger partial charge in [0.25, 0.3) is 5.89 Å². The lowest BCUT2D eigenvalue weighted by Gasteiger charge is -2.04. The van der Waals surface area contributed by atoms with Gasteiger partial charge >= 0.3 is 0 Å². The molecule has 1 aliphatic rings. The fraction of sp³-hybridized carbons (Fsp3) is 0.385. The Morgan fingerprint density at radius 1 is 1.26 bits per heavy atom. The quantitative estimate of drug-likeness (QED) is 0.877. The molecule has 1 fully saturated rings. The van der Waals surface area contributed by atoms with Gasteiger partial charge in [-0.25, -0.2) is 0 Å². The summed E-state index contributed by atoms with van der Waals surface area (Å²) >= 11 is 0. The number of nitrogens with zero attached hydrogens (tertiary/aromatic N) is 2. The van der Waals surface area contributed by atoms with Crippen molar-refractivity contribution < 1.29 is 19.5 Å². The first-order chi connectivity index (χ1) is 9.24. The highest BCUT2D eigenvalue weighted by Gasteiger charge is 2.21. The minimum Gasteiger partial charge on any atom is -0.507 e. The van der Waals surface area contributed by atoms with Crippen LogP contribution in [0.3, 0.4) is 0 Å². The molecule has 0 amide bonds. The summed E-state index contributed by atoms with van der Waals surface area (Å²) in [5, 5.41) is 23.3. The molecule has 2 heterocycles. The molecule has 1 saturated heterocycles. The van der Waals surface area contributed by atoms with Gasteiger partial charge in [0, 0.05) is 13.0 Å². The van der Waals surface area contributed by atoms with E-state index >= 15 is 0 Å². The average molecular weight is 262 g/mol. The van der Waals surface area contributed by atoms with Gasteiger partial charge in [-0.2, -0.15) is 4.98 Å². The van der Waals surface area contributed by atoms with Gasteiger partial charge in [0.1, 0.15) is 17.1 Å². The van der Waals surface area contributed by atoms with E-state index in [1.807, 2.05) is 0 Å². The van der Waals surface area contributed by atoms with Crippen molar-refractivity contribution >= 4 is 0 Å². The van der Waals surface area contributed by atoms with Crippen LogP contribution in [0.15, 0.2) is 22.7 Å². The van der Waals surface area contributed by atoms with E-state index in [4.69, 9.17) is 9.26 Å². The third-order valence-corrected chi connectivity index (χ3v) is 3.14. The number of hydrogen-bond donors (Lipinski definition) is 2. The zero-order chi connectivity index (χ0) is 13.2. The lowest BCUT2D eigenvalue weighted by atomic mass is 10.1. The van der Waals surface area contributed by atoms with Crippen LogP contribution in [-0.4, -0.2) is 33.1 Å². The molecule has 1 unspecified atom stereocenters. The van der Waals surface area contributed by atoms with Gasteiger partial charge < -0.3 is 19.5 Å². The SMILES string of the molecule is Oc1cccc(O)c1-c1nc(CC2CCCO2)no1. The van der Waals surface area contributed by atoms with Crippen molar-refractivity contribution in [2.75, 3.05) is 6.61 Å². The summed E-state index contributed by atoms with van der Waals surface area (Å²) in [6, 6.07) is 4.45. The highest BCUT2D eigenvalue weighted by molar-refractivity contribution is 5.69. The maximum Gasteiger partial charge on any atom is 0.265 e. The Kier molecular flexibility index (Phi) is 3.08. The van der Waals surface area contributed by atoms with Crippen LogP contribution in [0.5, 0.6) is 11.5 Å². The summed E-state index contributed by atoms with van der Waals surface area (Å²) < 4.78 is 10.6. The molecule has 3 rings (SSSR count). The highest BCUT2D eigenvalue weighted by Crippen LogP contribution is 2.35. The minimum atomic E-state index is -0.0904. The molecule has 6 heteroatoms. The fourth-order valence-corrected chi connectivity index (χ4v) is 2.19. The Labute approximate surface area is 109 Å². The van der Waals surface area contributed by atoms with Crippen molar-refractivity contribution in [1.29, 1.82) is 0 Å². The first-order valence-electron chi connectivity index (χ1n) is 6.19. The van der Waals surface area contributed by atoms with Crippen molar-refractivity contribution in [1.82, 2.24) is 10.1 Å². The fourth-order valence-electron chi connectivity index (χ4n) is 2.19. The van der Waals surface area contributed by atoms with Crippen LogP contribution >= 0.6 is 0 Å². The summed E-state index contributed by atoms with van der Waals surface area (Å²) in [5.74, 6) is 0.452. The van der Waals surface area contributed by atoms with E-state index in [-0.39, 0.29) is 29.1 Å². The molecular formula is C13H14N2O4. The van der Waals surface area contributed by atoms with Crippen LogP contribution in [0.2, 0.25) is 0 Å². The highest BCUT2D eigenvalue weighted by atomic mass is 16.5. The molecule has 0 radical (unpaired) electrons. The molecule has 0 bridgehead atoms. The van der Waals surface area contributed by atoms with Crippen molar-refractivity contribution in [3.05, 3.63) is 24.0 Å². The number of rotatable bonds is 3. The van der Waals surface area contributed by atoms with Crippen LogP contribution in [0.4, 0.5) is 0 Å². The molecule has 1 aromatic carbocycles. The van der Waals surface area contributed by atoms with Crippen LogP contribution in [-0.2, 0) is 11.2 Å². The number of benzene rings is 1. The normalized spacial score (nSPS) is 18.8. The summed E-state index contributed by atoms with van der Waals surface area (Å²) in [6.07, 6.45) is 2.75. The van der Waals surface area contributed by atoms with Crippen LogP contribution < -0.4 is 0 Å². The van der Waals surface area contributed by atoms with E-state index in [1.54, 1.807) is 0 Å². The van der Waals surface area contributed by atoms with Gasteiger partial charge in [-0.3, -0.25) is 0 Å². The van der Waals surface area contributed by atoms with Crippen molar-refractivity contribution in [3.63, 3.8) is 0 Å². The van der Waals surface area contributed by atoms with Gasteiger partial charge in [0.05, 0.1) is 6.10 Å². The third-order valence-electron chi connectivity index (χ3n) is 3.14. The monoisotopic (exact) mass is 262 g/mol. The maximum absolute atomic E-state index is 9.73. The van der Waals surface area contributed by atoms with E-state index in [2.05, 4.69) is 10.1 Å². The molecule has 2 N–H and O–H groups in total. The van der Waals surface area contributed by atoms with Crippen molar-refractivity contribution in [3.8, 4) is 23.0 Å². The molecule has 0 spiro atoms. The molecule has 2 aromatic rings. The molecule has 6 nitrogen and oxygen atoms in total. The Balaban J connectivity index is 1.84. The van der Waals surface area contributed by atoms with Crippen LogP contribution in [0.1, 0.15) is 18.7 Å². The van der Waals surface area contributed by atoms with Crippen LogP contribution in [0, 0.1) is 0 Å². The van der Waals surface area contributed by atoms with E-state index in [0.717, 1.165) is 19.4 Å². The number of phenols is 2. The molecule has 0 saturated carbocycles. The first-order valence-corrected chi connectivity index (χ1v) is 6.19. The summed E-state index contributed by atoms with van der Waals surface area (Å²) in [4.78, 5) is 4.19. The van der Waals surface area contributed by atoms with E-state index in [1.165, 1.54) is 18.2 Å². The smallest absolute Gasteiger partial charge is 0.265 e. The summed E-state index contributed by atoms with van der Waals surface area (Å²) in [7, 11) is 0. The molecule has 1 atom stereocenters. The van der Waals surface area contributed by atoms with Gasteiger partial charge in [-0.05, 0) is 25.0 Å². The van der Waals surface area contributed by atoms with E-state index < -0.39 is 0 Å². The predicted molar refractivity (Wildman–Crippen MR) is 65.7 cm³/mol. The topological polar surface area (TPSA) is 88.6 Å². The Morgan fingerprint density at radius 2 is 2.05 bits per heavy atom. The Morgan fingerprint density at radius 3 is 2.74 bits per heavy atom. The lowest BCUT2D eigenvalue weighted by Crippen LogP contribution is -2.09. The van der Waals surface area contributed by atoms with Gasteiger partial charge in [-0.15, -0.1) is 0 Å². The summed E-state index contributed by atoms with van der Waals surface area (Å²) in [5.41, 5.74) is 0.161. The van der Waals surface area contributed by atoms with Crippen molar-refractivity contribution in [2.45, 2.75) is 25.4 Å². The second kappa shape index (κ2) is 4.89. The molecule has 1 aliphatic heterocycles. The maximum atomic E-state index is 9.73. The van der Waals surface area contributed by atoms with Gasteiger partial charge in [-0.1, -0.05) is 11.2 Å². The van der Waals surface area contributed by atoms with Gasteiger partial charge in [0.2, 0.25) is 0 Å². The van der Waals surface area contributed by atoms with Crippen molar-refractivity contribution in [2.24, 2.45) is 0 Å². The lowest BCUT2D eigenvalue weighted by molar-refractivity contribution is 0.109. The Bertz CT molecular complexity index is 556. The standard InChI is InChI=1S/C13H14N2O4/c16-9-4-1-5-10(17)12(9)13-14-11(15-19-13)7-8-3-2-6-18-8/h1,4-5,8,16-17H,2-3,6-7H2. The molecular weight excluding hydrogens is 248 g/mol. The van der Waals surface area contributed by atoms with E-state index in [0.29, 0.717) is 12.2 Å². The number of aromatic nitrogens is 2. The molecule has 1 aromatic heterocycles. The largest absolute Gasteiger partial charge is 0.507 e. The van der Waals surface area contributed by atoms with Crippen LogP contribution in [0.25, 0.3) is 11.5 Å². The Hall–Kier alpha value is -2.08. The number of aromatic hydroxyl groups is 2. The second-order valence-corrected chi connectivity index (χ2v) is 4.53. The molecule has 100 valence electrons. The minimum absolute atomic E-state index is 0.0904. The third kappa shape index (κ3) is 2.39. The van der Waals surface area contributed by atoms with Gasteiger partial charge in [0.15, 0.2) is 5.82 Å². The number of hydrogen-bond acceptors (Lipinski definition) is 6. The second-order valence-electron chi connectivity index (χ2n) is 4.53. The zero-order valence-electron chi connectivity index (χ0n) is 10.2. The van der Waals surface area contributed by atoms with E-state index in [9.17, 15) is 10.2 Å². The summed E-state index contributed by atoms with van der Waals surface area (Å²) in [6.45, 7) is 0.773.